The second-order valence-electron chi connectivity index (χ2n) is 6.45. The molecule has 7 heteroatoms. The van der Waals surface area contributed by atoms with Gasteiger partial charge in [0.15, 0.2) is 0 Å². The quantitative estimate of drug-likeness (QED) is 0.902. The minimum absolute atomic E-state index is 0.0105. The number of aryl methyl sites for hydroxylation is 1. The molecule has 0 spiro atoms. The number of sulfone groups is 1. The molecule has 0 bridgehead atoms. The van der Waals surface area contributed by atoms with Gasteiger partial charge < -0.3 is 15.0 Å². The zero-order valence-electron chi connectivity index (χ0n) is 14.8. The number of ether oxygens (including phenoxy) is 1. The Bertz CT molecular complexity index is 716. The van der Waals surface area contributed by atoms with Gasteiger partial charge in [0.1, 0.15) is 15.6 Å². The van der Waals surface area contributed by atoms with Crippen molar-refractivity contribution in [2.75, 3.05) is 31.0 Å². The maximum atomic E-state index is 12.7. The Morgan fingerprint density at radius 2 is 2.04 bits per heavy atom. The zero-order chi connectivity index (χ0) is 17.9. The summed E-state index contributed by atoms with van der Waals surface area (Å²) in [4.78, 5) is 14.3. The fraction of sp³-hybridized carbons (Fsp3) is 0.588. The van der Waals surface area contributed by atoms with Crippen molar-refractivity contribution in [2.24, 2.45) is 0 Å². The predicted molar refractivity (Wildman–Crippen MR) is 95.5 cm³/mol. The van der Waals surface area contributed by atoms with Gasteiger partial charge in [0.25, 0.3) is 0 Å². The van der Waals surface area contributed by atoms with Gasteiger partial charge in [0.2, 0.25) is 0 Å². The van der Waals surface area contributed by atoms with Crippen LogP contribution < -0.4 is 10.1 Å². The molecule has 0 aromatic heterocycles. The van der Waals surface area contributed by atoms with E-state index in [1.807, 2.05) is 26.0 Å². The van der Waals surface area contributed by atoms with Gasteiger partial charge in [-0.1, -0.05) is 6.07 Å². The SMILES string of the molecule is COc1c(C)ccc(NC(=O)N2CCCCC2CS(C)(=O)=O)c1C. The van der Waals surface area contributed by atoms with E-state index in [9.17, 15) is 13.2 Å². The summed E-state index contributed by atoms with van der Waals surface area (Å²) >= 11 is 0. The Hall–Kier alpha value is -1.76. The Morgan fingerprint density at radius 3 is 2.67 bits per heavy atom. The summed E-state index contributed by atoms with van der Waals surface area (Å²) in [6, 6.07) is 3.23. The molecule has 0 saturated carbocycles. The summed E-state index contributed by atoms with van der Waals surface area (Å²) in [6.07, 6.45) is 3.77. The van der Waals surface area contributed by atoms with Gasteiger partial charge in [-0.2, -0.15) is 0 Å². The number of anilines is 1. The van der Waals surface area contributed by atoms with Crippen molar-refractivity contribution in [3.63, 3.8) is 0 Å². The fourth-order valence-corrected chi connectivity index (χ4v) is 4.30. The van der Waals surface area contributed by atoms with Gasteiger partial charge >= 0.3 is 6.03 Å². The molecule has 1 aliphatic rings. The summed E-state index contributed by atoms with van der Waals surface area (Å²) in [5.74, 6) is 0.760. The number of hydrogen-bond acceptors (Lipinski definition) is 4. The van der Waals surface area contributed by atoms with Crippen molar-refractivity contribution in [2.45, 2.75) is 39.2 Å². The molecule has 24 heavy (non-hydrogen) atoms. The maximum absolute atomic E-state index is 12.7. The minimum atomic E-state index is -3.13. The zero-order valence-corrected chi connectivity index (χ0v) is 15.6. The normalized spacial score (nSPS) is 18.3. The summed E-state index contributed by atoms with van der Waals surface area (Å²) in [7, 11) is -1.52. The van der Waals surface area contributed by atoms with Crippen LogP contribution in [-0.4, -0.2) is 51.1 Å². The molecule has 1 aromatic carbocycles. The maximum Gasteiger partial charge on any atom is 0.322 e. The van der Waals surface area contributed by atoms with Crippen LogP contribution in [0, 0.1) is 13.8 Å². The molecule has 1 atom stereocenters. The highest BCUT2D eigenvalue weighted by molar-refractivity contribution is 7.90. The highest BCUT2D eigenvalue weighted by Crippen LogP contribution is 2.30. The smallest absolute Gasteiger partial charge is 0.322 e. The van der Waals surface area contributed by atoms with E-state index in [-0.39, 0.29) is 17.8 Å². The van der Waals surface area contributed by atoms with Crippen molar-refractivity contribution in [1.29, 1.82) is 0 Å². The number of urea groups is 1. The molecular formula is C17H26N2O4S. The molecule has 2 rings (SSSR count). The summed E-state index contributed by atoms with van der Waals surface area (Å²) < 4.78 is 28.6. The lowest BCUT2D eigenvalue weighted by Crippen LogP contribution is -2.48. The van der Waals surface area contributed by atoms with E-state index >= 15 is 0 Å². The molecule has 1 N–H and O–H groups in total. The number of nitrogens with one attached hydrogen (secondary N) is 1. The highest BCUT2D eigenvalue weighted by Gasteiger charge is 2.29. The van der Waals surface area contributed by atoms with Gasteiger partial charge in [-0.15, -0.1) is 0 Å². The van der Waals surface area contributed by atoms with E-state index in [1.54, 1.807) is 12.0 Å². The van der Waals surface area contributed by atoms with Gasteiger partial charge in [-0.25, -0.2) is 13.2 Å². The number of methoxy groups -OCH3 is 1. The number of likely N-dealkylation sites (tertiary alicyclic amines) is 1. The van der Waals surface area contributed by atoms with Crippen molar-refractivity contribution < 1.29 is 17.9 Å². The average Bonchev–Trinajstić information content (AvgIpc) is 2.49. The molecule has 1 heterocycles. The molecule has 1 aliphatic heterocycles. The Kier molecular flexibility index (Phi) is 5.74. The third-order valence-corrected chi connectivity index (χ3v) is 5.42. The van der Waals surface area contributed by atoms with E-state index in [0.717, 1.165) is 36.1 Å². The highest BCUT2D eigenvalue weighted by atomic mass is 32.2. The molecule has 2 amide bonds. The second-order valence-corrected chi connectivity index (χ2v) is 8.64. The Balaban J connectivity index is 2.18. The van der Waals surface area contributed by atoms with E-state index in [1.165, 1.54) is 6.26 Å². The molecular weight excluding hydrogens is 328 g/mol. The molecule has 6 nitrogen and oxygen atoms in total. The van der Waals surface area contributed by atoms with Crippen LogP contribution in [0.3, 0.4) is 0 Å². The van der Waals surface area contributed by atoms with E-state index in [4.69, 9.17) is 4.74 Å². The fourth-order valence-electron chi connectivity index (χ4n) is 3.25. The second kappa shape index (κ2) is 7.42. The molecule has 1 aromatic rings. The first-order valence-electron chi connectivity index (χ1n) is 8.12. The van der Waals surface area contributed by atoms with Gasteiger partial charge in [0.05, 0.1) is 12.9 Å². The number of carbonyl (C=O) groups excluding carboxylic acids is 1. The average molecular weight is 354 g/mol. The Labute approximate surface area is 144 Å². The Morgan fingerprint density at radius 1 is 1.33 bits per heavy atom. The van der Waals surface area contributed by atoms with Crippen LogP contribution in [0.1, 0.15) is 30.4 Å². The van der Waals surface area contributed by atoms with Crippen molar-refractivity contribution in [1.82, 2.24) is 4.90 Å². The summed E-state index contributed by atoms with van der Waals surface area (Å²) in [6.45, 7) is 4.42. The summed E-state index contributed by atoms with van der Waals surface area (Å²) in [5, 5.41) is 2.91. The van der Waals surface area contributed by atoms with Gasteiger partial charge in [0, 0.05) is 30.1 Å². The molecule has 0 aliphatic carbocycles. The monoisotopic (exact) mass is 354 g/mol. The first kappa shape index (κ1) is 18.6. The number of piperidine rings is 1. The van der Waals surface area contributed by atoms with Crippen LogP contribution in [0.5, 0.6) is 5.75 Å². The van der Waals surface area contributed by atoms with Crippen LogP contribution >= 0.6 is 0 Å². The third-order valence-electron chi connectivity index (χ3n) is 4.43. The van der Waals surface area contributed by atoms with Crippen LogP contribution in [0.25, 0.3) is 0 Å². The van der Waals surface area contributed by atoms with Gasteiger partial charge in [-0.3, -0.25) is 0 Å². The van der Waals surface area contributed by atoms with E-state index in [0.29, 0.717) is 12.2 Å². The number of benzene rings is 1. The molecule has 134 valence electrons. The molecule has 1 fully saturated rings. The van der Waals surface area contributed by atoms with Crippen LogP contribution in [0.4, 0.5) is 10.5 Å². The number of amides is 2. The lowest BCUT2D eigenvalue weighted by molar-refractivity contribution is 0.171. The first-order valence-corrected chi connectivity index (χ1v) is 10.2. The van der Waals surface area contributed by atoms with Gasteiger partial charge in [-0.05, 0) is 44.7 Å². The number of nitrogens with zero attached hydrogens (tertiary/aromatic N) is 1. The third kappa shape index (κ3) is 4.41. The van der Waals surface area contributed by atoms with Crippen LogP contribution in [-0.2, 0) is 9.84 Å². The summed E-state index contributed by atoms with van der Waals surface area (Å²) in [5.41, 5.74) is 2.55. The number of carbonyl (C=O) groups is 1. The predicted octanol–water partition coefficient (Wildman–Crippen LogP) is 2.74. The number of hydrogen-bond donors (Lipinski definition) is 1. The minimum Gasteiger partial charge on any atom is -0.496 e. The molecule has 1 unspecified atom stereocenters. The standard InChI is InChI=1S/C17H26N2O4S/c1-12-8-9-15(13(2)16(12)23-3)18-17(20)19-10-6-5-7-14(19)11-24(4,21)22/h8-9,14H,5-7,10-11H2,1-4H3,(H,18,20). The van der Waals surface area contributed by atoms with E-state index < -0.39 is 9.84 Å². The largest absolute Gasteiger partial charge is 0.496 e. The van der Waals surface area contributed by atoms with Crippen molar-refractivity contribution in [3.05, 3.63) is 23.3 Å². The van der Waals surface area contributed by atoms with Crippen LogP contribution in [0.15, 0.2) is 12.1 Å². The number of rotatable bonds is 4. The lowest BCUT2D eigenvalue weighted by Gasteiger charge is -2.35. The lowest BCUT2D eigenvalue weighted by atomic mass is 10.0. The first-order chi connectivity index (χ1) is 11.2. The molecule has 1 saturated heterocycles. The van der Waals surface area contributed by atoms with Crippen molar-refractivity contribution in [3.8, 4) is 5.75 Å². The topological polar surface area (TPSA) is 75.7 Å². The van der Waals surface area contributed by atoms with Crippen LogP contribution in [0.2, 0.25) is 0 Å². The van der Waals surface area contributed by atoms with Crippen molar-refractivity contribution >= 4 is 21.6 Å². The molecule has 0 radical (unpaired) electrons. The van der Waals surface area contributed by atoms with E-state index in [2.05, 4.69) is 5.32 Å².